The van der Waals surface area contributed by atoms with Crippen molar-refractivity contribution in [1.29, 1.82) is 0 Å². The number of piperazine rings is 1. The molecule has 1 rings (SSSR count). The molecule has 0 bridgehead atoms. The number of hydrogen-bond donors (Lipinski definition) is 2. The van der Waals surface area contributed by atoms with Gasteiger partial charge >= 0.3 is 6.09 Å². The lowest BCUT2D eigenvalue weighted by atomic mass is 10.2. The van der Waals surface area contributed by atoms with E-state index in [1.54, 1.807) is 0 Å². The first-order valence-corrected chi connectivity index (χ1v) is 3.94. The summed E-state index contributed by atoms with van der Waals surface area (Å²) in [5.74, 6) is 0. The Bertz CT molecular complexity index is 174. The predicted molar refractivity (Wildman–Crippen MR) is 43.1 cm³/mol. The van der Waals surface area contributed by atoms with Crippen molar-refractivity contribution in [2.24, 2.45) is 0 Å². The Morgan fingerprint density at radius 1 is 1.58 bits per heavy atom. The summed E-state index contributed by atoms with van der Waals surface area (Å²) >= 11 is 0. The SMILES string of the molecule is CN1CCN(C(=O)O)[C@@H](CO)C1. The Morgan fingerprint density at radius 2 is 2.25 bits per heavy atom. The Balaban J connectivity index is 2.56. The minimum absolute atomic E-state index is 0.101. The van der Waals surface area contributed by atoms with Gasteiger partial charge in [0.25, 0.3) is 0 Å². The lowest BCUT2D eigenvalue weighted by Crippen LogP contribution is -2.55. The van der Waals surface area contributed by atoms with Gasteiger partial charge in [0.05, 0.1) is 12.6 Å². The topological polar surface area (TPSA) is 64.0 Å². The molecule has 0 aromatic rings. The minimum Gasteiger partial charge on any atom is -0.465 e. The fraction of sp³-hybridized carbons (Fsp3) is 0.857. The van der Waals surface area contributed by atoms with Gasteiger partial charge in [-0.15, -0.1) is 0 Å². The highest BCUT2D eigenvalue weighted by Crippen LogP contribution is 2.07. The number of nitrogens with zero attached hydrogens (tertiary/aromatic N) is 2. The largest absolute Gasteiger partial charge is 0.465 e. The van der Waals surface area contributed by atoms with E-state index in [2.05, 4.69) is 0 Å². The molecule has 2 N–H and O–H groups in total. The van der Waals surface area contributed by atoms with Crippen LogP contribution in [0.4, 0.5) is 4.79 Å². The van der Waals surface area contributed by atoms with Crippen LogP contribution in [0.5, 0.6) is 0 Å². The maximum atomic E-state index is 10.6. The van der Waals surface area contributed by atoms with E-state index in [9.17, 15) is 4.79 Å². The van der Waals surface area contributed by atoms with Crippen molar-refractivity contribution >= 4 is 6.09 Å². The van der Waals surface area contributed by atoms with Gasteiger partial charge in [0.2, 0.25) is 0 Å². The van der Waals surface area contributed by atoms with Crippen molar-refractivity contribution in [1.82, 2.24) is 9.80 Å². The van der Waals surface area contributed by atoms with Crippen molar-refractivity contribution in [2.75, 3.05) is 33.3 Å². The normalized spacial score (nSPS) is 25.8. The molecule has 1 atom stereocenters. The number of carboxylic acid groups (broad SMARTS) is 1. The summed E-state index contributed by atoms with van der Waals surface area (Å²) in [6, 6.07) is -0.263. The molecule has 1 fully saturated rings. The summed E-state index contributed by atoms with van der Waals surface area (Å²) in [6.07, 6.45) is -0.942. The summed E-state index contributed by atoms with van der Waals surface area (Å²) in [6.45, 7) is 1.74. The average molecular weight is 174 g/mol. The van der Waals surface area contributed by atoms with Crippen molar-refractivity contribution < 1.29 is 15.0 Å². The first kappa shape index (κ1) is 9.28. The molecule has 0 aromatic heterocycles. The second kappa shape index (κ2) is 3.73. The van der Waals surface area contributed by atoms with Gasteiger partial charge in [0, 0.05) is 19.6 Å². The molecule has 5 nitrogen and oxygen atoms in total. The monoisotopic (exact) mass is 174 g/mol. The summed E-state index contributed by atoms with van der Waals surface area (Å²) < 4.78 is 0. The second-order valence-electron chi connectivity index (χ2n) is 3.07. The molecule has 0 aromatic carbocycles. The average Bonchev–Trinajstić information content (AvgIpc) is 2.03. The van der Waals surface area contributed by atoms with Crippen molar-refractivity contribution in [3.63, 3.8) is 0 Å². The summed E-state index contributed by atoms with van der Waals surface area (Å²) in [5, 5.41) is 17.6. The second-order valence-corrected chi connectivity index (χ2v) is 3.07. The standard InChI is InChI=1S/C7H14N2O3/c1-8-2-3-9(7(11)12)6(4-8)5-10/h6,10H,2-5H2,1H3,(H,11,12)/t6-/m1/s1. The maximum absolute atomic E-state index is 10.6. The van der Waals surface area contributed by atoms with E-state index in [-0.39, 0.29) is 12.6 Å². The van der Waals surface area contributed by atoms with Gasteiger partial charge in [-0.3, -0.25) is 0 Å². The third-order valence-electron chi connectivity index (χ3n) is 2.14. The van der Waals surface area contributed by atoms with Crippen LogP contribution in [0, 0.1) is 0 Å². The van der Waals surface area contributed by atoms with E-state index in [0.717, 1.165) is 6.54 Å². The Kier molecular flexibility index (Phi) is 2.88. The van der Waals surface area contributed by atoms with Crippen LogP contribution in [0.25, 0.3) is 0 Å². The summed E-state index contributed by atoms with van der Waals surface area (Å²) in [4.78, 5) is 13.9. The number of rotatable bonds is 1. The zero-order valence-corrected chi connectivity index (χ0v) is 7.10. The molecule has 1 heterocycles. The Morgan fingerprint density at radius 3 is 2.75 bits per heavy atom. The number of hydrogen-bond acceptors (Lipinski definition) is 3. The van der Waals surface area contributed by atoms with Gasteiger partial charge in [-0.25, -0.2) is 4.79 Å². The van der Waals surface area contributed by atoms with Crippen LogP contribution < -0.4 is 0 Å². The van der Waals surface area contributed by atoms with Crippen LogP contribution in [0.3, 0.4) is 0 Å². The zero-order valence-electron chi connectivity index (χ0n) is 7.10. The molecule has 1 saturated heterocycles. The van der Waals surface area contributed by atoms with Gasteiger partial charge in [-0.1, -0.05) is 0 Å². The molecule has 1 amide bonds. The number of likely N-dealkylation sites (N-methyl/N-ethyl adjacent to an activating group) is 1. The van der Waals surface area contributed by atoms with Crippen molar-refractivity contribution in [3.05, 3.63) is 0 Å². The van der Waals surface area contributed by atoms with E-state index in [1.165, 1.54) is 4.90 Å². The smallest absolute Gasteiger partial charge is 0.407 e. The predicted octanol–water partition coefficient (Wildman–Crippen LogP) is -0.727. The quantitative estimate of drug-likeness (QED) is 0.550. The number of aliphatic hydroxyl groups excluding tert-OH is 1. The molecule has 0 saturated carbocycles. The molecule has 5 heteroatoms. The van der Waals surface area contributed by atoms with Gasteiger partial charge in [-0.2, -0.15) is 0 Å². The van der Waals surface area contributed by atoms with Gasteiger partial charge < -0.3 is 20.0 Å². The van der Waals surface area contributed by atoms with Crippen molar-refractivity contribution in [3.8, 4) is 0 Å². The highest BCUT2D eigenvalue weighted by atomic mass is 16.4. The highest BCUT2D eigenvalue weighted by Gasteiger charge is 2.27. The van der Waals surface area contributed by atoms with E-state index in [1.807, 2.05) is 11.9 Å². The molecule has 0 aliphatic carbocycles. The molecule has 0 spiro atoms. The van der Waals surface area contributed by atoms with Crippen molar-refractivity contribution in [2.45, 2.75) is 6.04 Å². The lowest BCUT2D eigenvalue weighted by Gasteiger charge is -2.37. The molecule has 0 unspecified atom stereocenters. The Labute approximate surface area is 71.2 Å². The zero-order chi connectivity index (χ0) is 9.14. The fourth-order valence-electron chi connectivity index (χ4n) is 1.42. The molecule has 1 aliphatic heterocycles. The number of carbonyl (C=O) groups is 1. The van der Waals surface area contributed by atoms with Crippen LogP contribution >= 0.6 is 0 Å². The van der Waals surface area contributed by atoms with Crippen LogP contribution in [0.15, 0.2) is 0 Å². The fourth-order valence-corrected chi connectivity index (χ4v) is 1.42. The lowest BCUT2D eigenvalue weighted by molar-refractivity contribution is 0.0504. The first-order valence-electron chi connectivity index (χ1n) is 3.94. The van der Waals surface area contributed by atoms with Gasteiger partial charge in [-0.05, 0) is 7.05 Å². The van der Waals surface area contributed by atoms with E-state index in [4.69, 9.17) is 10.2 Å². The van der Waals surface area contributed by atoms with Crippen LogP contribution in [0.2, 0.25) is 0 Å². The van der Waals surface area contributed by atoms with Gasteiger partial charge in [0.15, 0.2) is 0 Å². The molecule has 12 heavy (non-hydrogen) atoms. The third kappa shape index (κ3) is 1.86. The highest BCUT2D eigenvalue weighted by molar-refractivity contribution is 5.65. The molecule has 1 aliphatic rings. The number of amides is 1. The van der Waals surface area contributed by atoms with Crippen LogP contribution in [0.1, 0.15) is 0 Å². The van der Waals surface area contributed by atoms with E-state index >= 15 is 0 Å². The number of aliphatic hydroxyl groups is 1. The summed E-state index contributed by atoms with van der Waals surface area (Å²) in [7, 11) is 1.92. The molecule has 0 radical (unpaired) electrons. The van der Waals surface area contributed by atoms with Gasteiger partial charge in [0.1, 0.15) is 0 Å². The molecular formula is C7H14N2O3. The van der Waals surface area contributed by atoms with E-state index < -0.39 is 6.09 Å². The van der Waals surface area contributed by atoms with Crippen LogP contribution in [-0.2, 0) is 0 Å². The Hall–Kier alpha value is -0.810. The van der Waals surface area contributed by atoms with Crippen LogP contribution in [-0.4, -0.2) is 65.4 Å². The molecular weight excluding hydrogens is 160 g/mol. The third-order valence-corrected chi connectivity index (χ3v) is 2.14. The van der Waals surface area contributed by atoms with E-state index in [0.29, 0.717) is 13.1 Å². The maximum Gasteiger partial charge on any atom is 0.407 e. The molecule has 70 valence electrons. The first-order chi connectivity index (χ1) is 5.65. The summed E-state index contributed by atoms with van der Waals surface area (Å²) in [5.41, 5.74) is 0. The minimum atomic E-state index is -0.942.